The maximum atomic E-state index is 13.1. The molecule has 0 spiro atoms. The molecule has 25 heavy (non-hydrogen) atoms. The van der Waals surface area contributed by atoms with Gasteiger partial charge in [-0.05, 0) is 49.1 Å². The SMILES string of the molecule is CCc1ccc(S(=O)(=O)N2CCC[C@H]2c2nc3ccccc3s2)cc1. The van der Waals surface area contributed by atoms with E-state index >= 15 is 0 Å². The lowest BCUT2D eigenvalue weighted by Crippen LogP contribution is -2.30. The van der Waals surface area contributed by atoms with E-state index < -0.39 is 10.0 Å². The lowest BCUT2D eigenvalue weighted by atomic mass is 10.2. The highest BCUT2D eigenvalue weighted by Gasteiger charge is 2.37. The second-order valence-corrected chi connectivity index (χ2v) is 9.24. The Morgan fingerprint density at radius 3 is 2.64 bits per heavy atom. The molecule has 1 aliphatic heterocycles. The van der Waals surface area contributed by atoms with Crippen LogP contribution in [0.3, 0.4) is 0 Å². The van der Waals surface area contributed by atoms with E-state index in [-0.39, 0.29) is 6.04 Å². The van der Waals surface area contributed by atoms with Crippen LogP contribution in [-0.2, 0) is 16.4 Å². The molecule has 1 saturated heterocycles. The fourth-order valence-corrected chi connectivity index (χ4v) is 6.18. The zero-order valence-electron chi connectivity index (χ0n) is 14.1. The first-order valence-corrected chi connectivity index (χ1v) is 10.8. The molecule has 1 atom stereocenters. The second-order valence-electron chi connectivity index (χ2n) is 6.29. The van der Waals surface area contributed by atoms with Gasteiger partial charge in [-0.3, -0.25) is 0 Å². The number of fused-ring (bicyclic) bond motifs is 1. The van der Waals surface area contributed by atoms with Gasteiger partial charge < -0.3 is 0 Å². The number of hydrogen-bond acceptors (Lipinski definition) is 4. The number of rotatable bonds is 4. The van der Waals surface area contributed by atoms with E-state index in [0.29, 0.717) is 11.4 Å². The summed E-state index contributed by atoms with van der Waals surface area (Å²) < 4.78 is 29.0. The minimum Gasteiger partial charge on any atom is -0.239 e. The fraction of sp³-hybridized carbons (Fsp3) is 0.316. The van der Waals surface area contributed by atoms with Crippen LogP contribution < -0.4 is 0 Å². The van der Waals surface area contributed by atoms with Crippen LogP contribution in [0.25, 0.3) is 10.2 Å². The average molecular weight is 373 g/mol. The van der Waals surface area contributed by atoms with Gasteiger partial charge in [-0.2, -0.15) is 4.31 Å². The zero-order chi connectivity index (χ0) is 17.4. The summed E-state index contributed by atoms with van der Waals surface area (Å²) in [7, 11) is -3.50. The maximum absolute atomic E-state index is 13.1. The summed E-state index contributed by atoms with van der Waals surface area (Å²) in [6.07, 6.45) is 2.59. The Labute approximate surface area is 152 Å². The molecule has 0 saturated carbocycles. The summed E-state index contributed by atoms with van der Waals surface area (Å²) in [4.78, 5) is 5.06. The first-order valence-electron chi connectivity index (χ1n) is 8.56. The lowest BCUT2D eigenvalue weighted by Gasteiger charge is -2.22. The first kappa shape index (κ1) is 16.7. The van der Waals surface area contributed by atoms with Crippen LogP contribution in [0.5, 0.6) is 0 Å². The minimum absolute atomic E-state index is 0.159. The highest BCUT2D eigenvalue weighted by Crippen LogP contribution is 2.39. The number of sulfonamides is 1. The van der Waals surface area contributed by atoms with Crippen molar-refractivity contribution in [1.82, 2.24) is 9.29 Å². The van der Waals surface area contributed by atoms with E-state index in [9.17, 15) is 8.42 Å². The van der Waals surface area contributed by atoms with E-state index in [1.807, 2.05) is 36.4 Å². The van der Waals surface area contributed by atoms with E-state index in [1.165, 1.54) is 0 Å². The Balaban J connectivity index is 1.70. The van der Waals surface area contributed by atoms with Crippen molar-refractivity contribution in [3.05, 3.63) is 59.1 Å². The van der Waals surface area contributed by atoms with Gasteiger partial charge in [0.05, 0.1) is 21.2 Å². The maximum Gasteiger partial charge on any atom is 0.243 e. The number of hydrogen-bond donors (Lipinski definition) is 0. The van der Waals surface area contributed by atoms with Crippen molar-refractivity contribution < 1.29 is 8.42 Å². The predicted octanol–water partition coefficient (Wildman–Crippen LogP) is 4.38. The first-order chi connectivity index (χ1) is 12.1. The third kappa shape index (κ3) is 2.99. The molecule has 0 unspecified atom stereocenters. The predicted molar refractivity (Wildman–Crippen MR) is 101 cm³/mol. The molecule has 2 aromatic carbocycles. The van der Waals surface area contributed by atoms with E-state index in [2.05, 4.69) is 6.92 Å². The summed E-state index contributed by atoms with van der Waals surface area (Å²) in [5.74, 6) is 0. The van der Waals surface area contributed by atoms with E-state index in [1.54, 1.807) is 27.8 Å². The number of aromatic nitrogens is 1. The van der Waals surface area contributed by atoms with Crippen LogP contribution in [-0.4, -0.2) is 24.3 Å². The number of benzene rings is 2. The number of para-hydroxylation sites is 1. The van der Waals surface area contributed by atoms with Crippen LogP contribution in [0.4, 0.5) is 0 Å². The van der Waals surface area contributed by atoms with Crippen molar-refractivity contribution in [1.29, 1.82) is 0 Å². The summed E-state index contributed by atoms with van der Waals surface area (Å²) in [5, 5.41) is 0.896. The quantitative estimate of drug-likeness (QED) is 0.683. The summed E-state index contributed by atoms with van der Waals surface area (Å²) in [5.41, 5.74) is 2.09. The highest BCUT2D eigenvalue weighted by molar-refractivity contribution is 7.89. The molecule has 1 fully saturated rings. The number of thiazole rings is 1. The Morgan fingerprint density at radius 1 is 1.16 bits per heavy atom. The van der Waals surface area contributed by atoms with Crippen molar-refractivity contribution >= 4 is 31.6 Å². The minimum atomic E-state index is -3.50. The topological polar surface area (TPSA) is 50.3 Å². The van der Waals surface area contributed by atoms with Crippen LogP contribution in [0.15, 0.2) is 53.4 Å². The molecular weight excluding hydrogens is 352 g/mol. The third-order valence-corrected chi connectivity index (χ3v) is 7.80. The monoisotopic (exact) mass is 372 g/mol. The molecule has 4 nitrogen and oxygen atoms in total. The van der Waals surface area contributed by atoms with Crippen LogP contribution in [0.1, 0.15) is 36.4 Å². The van der Waals surface area contributed by atoms with Gasteiger partial charge in [0.1, 0.15) is 5.01 Å². The lowest BCUT2D eigenvalue weighted by molar-refractivity contribution is 0.396. The molecule has 6 heteroatoms. The smallest absolute Gasteiger partial charge is 0.239 e. The van der Waals surface area contributed by atoms with Crippen LogP contribution >= 0.6 is 11.3 Å². The Bertz CT molecular complexity index is 961. The molecule has 4 rings (SSSR count). The van der Waals surface area contributed by atoms with Crippen molar-refractivity contribution in [3.63, 3.8) is 0 Å². The van der Waals surface area contributed by atoms with Gasteiger partial charge in [-0.1, -0.05) is 31.2 Å². The molecule has 0 amide bonds. The standard InChI is InChI=1S/C19H20N2O2S2/c1-2-14-9-11-15(12-10-14)25(22,23)21-13-5-7-17(21)19-20-16-6-3-4-8-18(16)24-19/h3-4,6,8-12,17H,2,5,7,13H2,1H3/t17-/m0/s1. The average Bonchev–Trinajstić information content (AvgIpc) is 3.28. The zero-order valence-corrected chi connectivity index (χ0v) is 15.7. The largest absolute Gasteiger partial charge is 0.243 e. The summed E-state index contributed by atoms with van der Waals surface area (Å²) in [6.45, 7) is 2.62. The molecule has 0 N–H and O–H groups in total. The van der Waals surface area contributed by atoms with Crippen molar-refractivity contribution in [3.8, 4) is 0 Å². The molecule has 0 radical (unpaired) electrons. The molecule has 0 bridgehead atoms. The van der Waals surface area contributed by atoms with Crippen molar-refractivity contribution in [2.75, 3.05) is 6.54 Å². The Kier molecular flexibility index (Phi) is 4.35. The van der Waals surface area contributed by atoms with Crippen molar-refractivity contribution in [2.24, 2.45) is 0 Å². The van der Waals surface area contributed by atoms with E-state index in [4.69, 9.17) is 4.98 Å². The van der Waals surface area contributed by atoms with Gasteiger partial charge >= 0.3 is 0 Å². The van der Waals surface area contributed by atoms with Gasteiger partial charge in [0.25, 0.3) is 0 Å². The number of nitrogens with zero attached hydrogens (tertiary/aromatic N) is 2. The highest BCUT2D eigenvalue weighted by atomic mass is 32.2. The molecule has 1 aromatic heterocycles. The summed E-state index contributed by atoms with van der Waals surface area (Å²) in [6, 6.07) is 15.1. The Morgan fingerprint density at radius 2 is 1.92 bits per heavy atom. The normalized spacial score (nSPS) is 18.8. The van der Waals surface area contributed by atoms with Gasteiger partial charge in [-0.25, -0.2) is 13.4 Å². The Hall–Kier alpha value is -1.76. The second kappa shape index (κ2) is 6.52. The molecule has 1 aliphatic rings. The van der Waals surface area contributed by atoms with Gasteiger partial charge in [-0.15, -0.1) is 11.3 Å². The molecule has 130 valence electrons. The summed E-state index contributed by atoms with van der Waals surface area (Å²) >= 11 is 1.60. The molecule has 0 aliphatic carbocycles. The van der Waals surface area contributed by atoms with Crippen LogP contribution in [0.2, 0.25) is 0 Å². The van der Waals surface area contributed by atoms with Gasteiger partial charge in [0.15, 0.2) is 0 Å². The number of aryl methyl sites for hydroxylation is 1. The third-order valence-electron chi connectivity index (χ3n) is 4.74. The molecular formula is C19H20N2O2S2. The fourth-order valence-electron chi connectivity index (χ4n) is 3.34. The van der Waals surface area contributed by atoms with Gasteiger partial charge in [0, 0.05) is 6.54 Å². The van der Waals surface area contributed by atoms with E-state index in [0.717, 1.165) is 40.1 Å². The van der Waals surface area contributed by atoms with Gasteiger partial charge in [0.2, 0.25) is 10.0 Å². The molecule has 3 aromatic rings. The molecule has 2 heterocycles. The van der Waals surface area contributed by atoms with Crippen molar-refractivity contribution in [2.45, 2.75) is 37.1 Å². The van der Waals surface area contributed by atoms with Crippen LogP contribution in [0, 0.1) is 0 Å².